The minimum absolute atomic E-state index is 0.693. The second kappa shape index (κ2) is 5.96. The minimum atomic E-state index is 0.693. The van der Waals surface area contributed by atoms with E-state index >= 15 is 0 Å². The van der Waals surface area contributed by atoms with Crippen LogP contribution in [0.15, 0.2) is 30.3 Å². The molecule has 0 aliphatic heterocycles. The lowest BCUT2D eigenvalue weighted by molar-refractivity contribution is 0.311. The Morgan fingerprint density at radius 1 is 1.31 bits per heavy atom. The van der Waals surface area contributed by atoms with E-state index in [0.717, 1.165) is 18.7 Å². The van der Waals surface area contributed by atoms with E-state index in [1.807, 2.05) is 30.3 Å². The van der Waals surface area contributed by atoms with Crippen LogP contribution in [0.3, 0.4) is 0 Å². The Kier molecular flexibility index (Phi) is 4.34. The summed E-state index contributed by atoms with van der Waals surface area (Å²) in [6.07, 6.45) is 5.94. The van der Waals surface area contributed by atoms with Crippen LogP contribution in [-0.4, -0.2) is 13.2 Å². The third kappa shape index (κ3) is 4.07. The first-order valence-corrected chi connectivity index (χ1v) is 4.30. The molecule has 0 saturated heterocycles. The molecule has 68 valence electrons. The summed E-state index contributed by atoms with van der Waals surface area (Å²) < 4.78 is 5.44. The molecule has 2 nitrogen and oxygen atoms in total. The van der Waals surface area contributed by atoms with Gasteiger partial charge in [-0.2, -0.15) is 0 Å². The van der Waals surface area contributed by atoms with Crippen molar-refractivity contribution in [2.75, 3.05) is 13.2 Å². The van der Waals surface area contributed by atoms with Crippen molar-refractivity contribution in [1.29, 1.82) is 0 Å². The molecule has 0 unspecified atom stereocenters. The molecular weight excluding hydrogens is 162 g/mol. The van der Waals surface area contributed by atoms with Crippen molar-refractivity contribution in [2.24, 2.45) is 0 Å². The molecule has 0 aliphatic rings. The zero-order valence-electron chi connectivity index (χ0n) is 7.49. The van der Waals surface area contributed by atoms with Crippen molar-refractivity contribution < 1.29 is 4.74 Å². The predicted molar refractivity (Wildman–Crippen MR) is 53.4 cm³/mol. The van der Waals surface area contributed by atoms with Gasteiger partial charge < -0.3 is 10.1 Å². The molecule has 0 spiro atoms. The average molecular weight is 175 g/mol. The van der Waals surface area contributed by atoms with E-state index in [1.54, 1.807) is 0 Å². The van der Waals surface area contributed by atoms with Gasteiger partial charge in [0.05, 0.1) is 6.61 Å². The first-order valence-electron chi connectivity index (χ1n) is 4.30. The van der Waals surface area contributed by atoms with E-state index in [2.05, 4.69) is 11.4 Å². The summed E-state index contributed by atoms with van der Waals surface area (Å²) in [5, 5.41) is 2.78. The molecular formula is C11H13NO. The van der Waals surface area contributed by atoms with E-state index in [9.17, 15) is 0 Å². The topological polar surface area (TPSA) is 21.3 Å². The normalized spacial score (nSPS) is 8.85. The van der Waals surface area contributed by atoms with E-state index in [0.29, 0.717) is 6.61 Å². The van der Waals surface area contributed by atoms with Gasteiger partial charge in [0.2, 0.25) is 0 Å². The molecule has 0 aliphatic carbocycles. The summed E-state index contributed by atoms with van der Waals surface area (Å²) in [4.78, 5) is 0. The molecule has 0 fully saturated rings. The van der Waals surface area contributed by atoms with Crippen LogP contribution in [-0.2, 0) is 0 Å². The molecule has 0 heterocycles. The third-order valence-corrected chi connectivity index (χ3v) is 1.56. The molecule has 0 bridgehead atoms. The summed E-state index contributed by atoms with van der Waals surface area (Å²) in [6.45, 7) is 1.49. The number of nitrogens with one attached hydrogen (secondary N) is 1. The highest BCUT2D eigenvalue weighted by molar-refractivity contribution is 5.20. The molecule has 0 aromatic heterocycles. The number of terminal acetylenes is 1. The van der Waals surface area contributed by atoms with Gasteiger partial charge in [-0.3, -0.25) is 0 Å². The fraction of sp³-hybridized carbons (Fsp3) is 0.273. The maximum atomic E-state index is 5.44. The molecule has 13 heavy (non-hydrogen) atoms. The van der Waals surface area contributed by atoms with E-state index in [4.69, 9.17) is 11.2 Å². The monoisotopic (exact) mass is 175 g/mol. The summed E-state index contributed by atoms with van der Waals surface area (Å²) in [5.74, 6) is 0.906. The summed E-state index contributed by atoms with van der Waals surface area (Å²) >= 11 is 0. The fourth-order valence-corrected chi connectivity index (χ4v) is 0.939. The van der Waals surface area contributed by atoms with Crippen molar-refractivity contribution >= 4 is 0 Å². The van der Waals surface area contributed by atoms with Gasteiger partial charge in [0.25, 0.3) is 0 Å². The molecule has 1 aromatic carbocycles. The second-order valence-electron chi connectivity index (χ2n) is 2.59. The number of benzene rings is 1. The van der Waals surface area contributed by atoms with Gasteiger partial charge in [-0.05, 0) is 18.6 Å². The summed E-state index contributed by atoms with van der Waals surface area (Å²) in [5.41, 5.74) is 0. The quantitative estimate of drug-likeness (QED) is 0.417. The van der Waals surface area contributed by atoms with E-state index in [1.165, 1.54) is 0 Å². The van der Waals surface area contributed by atoms with Crippen molar-refractivity contribution in [1.82, 2.24) is 5.32 Å². The van der Waals surface area contributed by atoms with Crippen LogP contribution in [0.4, 0.5) is 0 Å². The van der Waals surface area contributed by atoms with Gasteiger partial charge in [-0.25, -0.2) is 0 Å². The maximum Gasteiger partial charge on any atom is 0.119 e. The van der Waals surface area contributed by atoms with Crippen LogP contribution >= 0.6 is 0 Å². The Morgan fingerprint density at radius 3 is 2.77 bits per heavy atom. The van der Waals surface area contributed by atoms with Crippen molar-refractivity contribution in [2.45, 2.75) is 6.42 Å². The number of hydrogen-bond donors (Lipinski definition) is 1. The SMILES string of the molecule is C#CNCCCOc1ccccc1. The van der Waals surface area contributed by atoms with Crippen molar-refractivity contribution in [3.63, 3.8) is 0 Å². The maximum absolute atomic E-state index is 5.44. The van der Waals surface area contributed by atoms with E-state index < -0.39 is 0 Å². The highest BCUT2D eigenvalue weighted by Gasteiger charge is 1.89. The zero-order valence-corrected chi connectivity index (χ0v) is 7.49. The van der Waals surface area contributed by atoms with Crippen LogP contribution in [0.5, 0.6) is 5.75 Å². The Balaban J connectivity index is 2.11. The number of para-hydroxylation sites is 1. The van der Waals surface area contributed by atoms with Gasteiger partial charge in [-0.15, -0.1) is 0 Å². The smallest absolute Gasteiger partial charge is 0.119 e. The van der Waals surface area contributed by atoms with Crippen molar-refractivity contribution in [3.05, 3.63) is 30.3 Å². The Bertz CT molecular complexity index is 263. The molecule has 0 atom stereocenters. The van der Waals surface area contributed by atoms with Crippen LogP contribution in [0.25, 0.3) is 0 Å². The lowest BCUT2D eigenvalue weighted by atomic mass is 10.3. The molecule has 0 saturated carbocycles. The molecule has 0 radical (unpaired) electrons. The van der Waals surface area contributed by atoms with Crippen LogP contribution in [0.2, 0.25) is 0 Å². The molecule has 1 N–H and O–H groups in total. The Morgan fingerprint density at radius 2 is 2.08 bits per heavy atom. The van der Waals surface area contributed by atoms with Crippen LogP contribution in [0, 0.1) is 12.5 Å². The lowest BCUT2D eigenvalue weighted by Gasteiger charge is -2.04. The van der Waals surface area contributed by atoms with Gasteiger partial charge in [0.1, 0.15) is 5.75 Å². The van der Waals surface area contributed by atoms with Crippen LogP contribution in [0.1, 0.15) is 6.42 Å². The minimum Gasteiger partial charge on any atom is -0.494 e. The number of rotatable bonds is 5. The summed E-state index contributed by atoms with van der Waals surface area (Å²) in [7, 11) is 0. The zero-order chi connectivity index (χ0) is 9.36. The predicted octanol–water partition coefficient (Wildman–Crippen LogP) is 1.64. The highest BCUT2D eigenvalue weighted by Crippen LogP contribution is 2.07. The highest BCUT2D eigenvalue weighted by atomic mass is 16.5. The van der Waals surface area contributed by atoms with Gasteiger partial charge in [0.15, 0.2) is 0 Å². The standard InChI is InChI=1S/C11H13NO/c1-2-12-9-6-10-13-11-7-4-3-5-8-11/h1,3-5,7-8,12H,6,9-10H2. The molecule has 0 amide bonds. The second-order valence-corrected chi connectivity index (χ2v) is 2.59. The van der Waals surface area contributed by atoms with Crippen LogP contribution < -0.4 is 10.1 Å². The first-order chi connectivity index (χ1) is 6.43. The van der Waals surface area contributed by atoms with Crippen molar-refractivity contribution in [3.8, 4) is 18.2 Å². The summed E-state index contributed by atoms with van der Waals surface area (Å²) in [6, 6.07) is 12.1. The molecule has 2 heteroatoms. The number of hydrogen-bond acceptors (Lipinski definition) is 2. The van der Waals surface area contributed by atoms with Gasteiger partial charge in [-0.1, -0.05) is 24.6 Å². The van der Waals surface area contributed by atoms with Gasteiger partial charge in [0, 0.05) is 12.6 Å². The largest absolute Gasteiger partial charge is 0.494 e. The van der Waals surface area contributed by atoms with Gasteiger partial charge >= 0.3 is 0 Å². The molecule has 1 rings (SSSR count). The van der Waals surface area contributed by atoms with E-state index in [-0.39, 0.29) is 0 Å². The Labute approximate surface area is 78.9 Å². The molecule has 1 aromatic rings. The first kappa shape index (κ1) is 9.47. The average Bonchev–Trinajstić information content (AvgIpc) is 2.19. The third-order valence-electron chi connectivity index (χ3n) is 1.56. The lowest BCUT2D eigenvalue weighted by Crippen LogP contribution is -2.11. The fourth-order valence-electron chi connectivity index (χ4n) is 0.939. The number of ether oxygens (including phenoxy) is 1. The Hall–Kier alpha value is -1.62.